The molecule has 1 aromatic rings. The zero-order chi connectivity index (χ0) is 10.2. The highest BCUT2D eigenvalue weighted by molar-refractivity contribution is 8.00. The summed E-state index contributed by atoms with van der Waals surface area (Å²) in [5.74, 6) is 3.44. The summed E-state index contributed by atoms with van der Waals surface area (Å²) < 4.78 is 0. The third-order valence-corrected chi connectivity index (χ3v) is 5.47. The van der Waals surface area contributed by atoms with Crippen molar-refractivity contribution < 1.29 is 4.79 Å². The van der Waals surface area contributed by atoms with E-state index in [2.05, 4.69) is 31.2 Å². The number of carbonyl (C=O) groups is 1. The van der Waals surface area contributed by atoms with Gasteiger partial charge in [-0.15, -0.1) is 11.8 Å². The van der Waals surface area contributed by atoms with Gasteiger partial charge in [0.1, 0.15) is 5.78 Å². The van der Waals surface area contributed by atoms with Gasteiger partial charge >= 0.3 is 0 Å². The topological polar surface area (TPSA) is 17.1 Å². The number of benzene rings is 1. The molecule has 0 aliphatic heterocycles. The van der Waals surface area contributed by atoms with Crippen LogP contribution in [0.4, 0.5) is 0 Å². The third kappa shape index (κ3) is 0.984. The van der Waals surface area contributed by atoms with E-state index < -0.39 is 0 Å². The molecular weight excluding hydrogens is 204 g/mol. The molecule has 0 amide bonds. The van der Waals surface area contributed by atoms with Crippen LogP contribution < -0.4 is 0 Å². The SMILES string of the molecule is Cc1ccc(S[C@@H]2C(=O)C3[C@@H]4C2[C@H]34)cc1. The van der Waals surface area contributed by atoms with Gasteiger partial charge in [0.2, 0.25) is 0 Å². The van der Waals surface area contributed by atoms with Crippen molar-refractivity contribution in [2.45, 2.75) is 17.1 Å². The Balaban J connectivity index is 1.56. The second-order valence-corrected chi connectivity index (χ2v) is 6.23. The molecule has 0 radical (unpaired) electrons. The smallest absolute Gasteiger partial charge is 0.150 e. The first kappa shape index (κ1) is 8.40. The highest BCUT2D eigenvalue weighted by atomic mass is 32.2. The lowest BCUT2D eigenvalue weighted by Crippen LogP contribution is -2.09. The van der Waals surface area contributed by atoms with Crippen LogP contribution in [-0.2, 0) is 4.79 Å². The van der Waals surface area contributed by atoms with E-state index in [0.717, 1.165) is 17.8 Å². The number of Topliss-reactive ketones (excluding diaryl/α,β-unsaturated/α-hetero) is 1. The normalized spacial score (nSPS) is 44.1. The Morgan fingerprint density at radius 3 is 2.27 bits per heavy atom. The van der Waals surface area contributed by atoms with Gasteiger partial charge in [-0.1, -0.05) is 17.7 Å². The molecule has 2 heteroatoms. The molecule has 76 valence electrons. The molecule has 5 atom stereocenters. The van der Waals surface area contributed by atoms with Gasteiger partial charge in [-0.05, 0) is 36.8 Å². The van der Waals surface area contributed by atoms with E-state index in [1.54, 1.807) is 11.8 Å². The number of hydrogen-bond acceptors (Lipinski definition) is 2. The van der Waals surface area contributed by atoms with Crippen LogP contribution in [0, 0.1) is 30.6 Å². The second kappa shape index (κ2) is 2.49. The van der Waals surface area contributed by atoms with Crippen molar-refractivity contribution >= 4 is 17.5 Å². The molecule has 0 saturated heterocycles. The van der Waals surface area contributed by atoms with Crippen LogP contribution in [-0.4, -0.2) is 11.0 Å². The van der Waals surface area contributed by atoms with Gasteiger partial charge in [-0.3, -0.25) is 4.79 Å². The Morgan fingerprint density at radius 1 is 1.07 bits per heavy atom. The maximum Gasteiger partial charge on any atom is 0.150 e. The molecule has 0 N–H and O–H groups in total. The Hall–Kier alpha value is -0.760. The number of rotatable bonds is 2. The number of aryl methyl sites for hydroxylation is 1. The number of fused-ring (bicyclic) bond motifs is 1. The fourth-order valence-electron chi connectivity index (χ4n) is 3.14. The van der Waals surface area contributed by atoms with Gasteiger partial charge in [0.05, 0.1) is 5.25 Å². The quantitative estimate of drug-likeness (QED) is 0.755. The lowest BCUT2D eigenvalue weighted by Gasteiger charge is -2.07. The average molecular weight is 216 g/mol. The molecule has 5 rings (SSSR count). The molecule has 4 aliphatic rings. The van der Waals surface area contributed by atoms with E-state index in [0.29, 0.717) is 17.0 Å². The number of thioether (sulfide) groups is 1. The highest BCUT2D eigenvalue weighted by Crippen LogP contribution is 2.82. The van der Waals surface area contributed by atoms with Crippen LogP contribution >= 0.6 is 11.8 Å². The Morgan fingerprint density at radius 2 is 1.73 bits per heavy atom. The van der Waals surface area contributed by atoms with Crippen LogP contribution in [0.25, 0.3) is 0 Å². The van der Waals surface area contributed by atoms with E-state index in [9.17, 15) is 4.79 Å². The van der Waals surface area contributed by atoms with Crippen molar-refractivity contribution in [1.29, 1.82) is 0 Å². The molecule has 0 heterocycles. The lowest BCUT2D eigenvalue weighted by atomic mass is 10.2. The molecule has 15 heavy (non-hydrogen) atoms. The minimum atomic E-state index is 0.299. The largest absolute Gasteiger partial charge is 0.298 e. The highest BCUT2D eigenvalue weighted by Gasteiger charge is 2.84. The molecular formula is C13H12OS. The number of hydrogen-bond donors (Lipinski definition) is 0. The van der Waals surface area contributed by atoms with Crippen LogP contribution in [0.1, 0.15) is 5.56 Å². The monoisotopic (exact) mass is 216 g/mol. The molecule has 4 fully saturated rings. The van der Waals surface area contributed by atoms with E-state index in [1.165, 1.54) is 10.5 Å². The molecule has 0 aromatic heterocycles. The minimum absolute atomic E-state index is 0.299. The molecule has 0 spiro atoms. The van der Waals surface area contributed by atoms with Gasteiger partial charge < -0.3 is 0 Å². The van der Waals surface area contributed by atoms with Crippen molar-refractivity contribution in [2.24, 2.45) is 23.7 Å². The van der Waals surface area contributed by atoms with Crippen molar-refractivity contribution in [3.8, 4) is 0 Å². The standard InChI is InChI=1S/C13H12OS/c1-6-2-4-7(5-3-6)15-13-11-8-9(11)10(8)12(13)14/h2-5,8-11,13H,1H3/t8-,9+,10?,11?,13-/m0/s1. The number of ketones is 1. The lowest BCUT2D eigenvalue weighted by molar-refractivity contribution is -0.118. The summed E-state index contributed by atoms with van der Waals surface area (Å²) in [5.41, 5.74) is 1.28. The van der Waals surface area contributed by atoms with Gasteiger partial charge in [0.15, 0.2) is 0 Å². The summed E-state index contributed by atoms with van der Waals surface area (Å²) >= 11 is 1.79. The molecule has 1 nitrogen and oxygen atoms in total. The average Bonchev–Trinajstić information content (AvgIpc) is 3.05. The van der Waals surface area contributed by atoms with Crippen molar-refractivity contribution in [1.82, 2.24) is 0 Å². The van der Waals surface area contributed by atoms with Gasteiger partial charge in [-0.25, -0.2) is 0 Å². The fraction of sp³-hybridized carbons (Fsp3) is 0.462. The van der Waals surface area contributed by atoms with Crippen LogP contribution in [0.5, 0.6) is 0 Å². The van der Waals surface area contributed by atoms with Crippen LogP contribution in [0.2, 0.25) is 0 Å². The fourth-order valence-corrected chi connectivity index (χ4v) is 4.52. The summed E-state index contributed by atoms with van der Waals surface area (Å²) in [4.78, 5) is 13.1. The van der Waals surface area contributed by atoms with Crippen molar-refractivity contribution in [2.75, 3.05) is 0 Å². The summed E-state index contributed by atoms with van der Waals surface area (Å²) in [6, 6.07) is 8.52. The molecule has 1 aromatic carbocycles. The molecule has 4 aliphatic carbocycles. The van der Waals surface area contributed by atoms with Crippen LogP contribution in [0.15, 0.2) is 29.2 Å². The Bertz CT molecular complexity index is 440. The van der Waals surface area contributed by atoms with Gasteiger partial charge in [-0.2, -0.15) is 0 Å². The zero-order valence-corrected chi connectivity index (χ0v) is 9.33. The predicted octanol–water partition coefficient (Wildman–Crippen LogP) is 2.53. The minimum Gasteiger partial charge on any atom is -0.298 e. The van der Waals surface area contributed by atoms with Gasteiger partial charge in [0.25, 0.3) is 0 Å². The number of carbonyl (C=O) groups excluding carboxylic acids is 1. The zero-order valence-electron chi connectivity index (χ0n) is 8.51. The predicted molar refractivity (Wildman–Crippen MR) is 59.8 cm³/mol. The Labute approximate surface area is 93.3 Å². The third-order valence-electron chi connectivity index (χ3n) is 4.12. The van der Waals surface area contributed by atoms with E-state index in [1.807, 2.05) is 0 Å². The van der Waals surface area contributed by atoms with E-state index >= 15 is 0 Å². The summed E-state index contributed by atoms with van der Waals surface area (Å²) in [5, 5.41) is 0.299. The Kier molecular flexibility index (Phi) is 1.39. The first-order valence-corrected chi connectivity index (χ1v) is 6.42. The first-order valence-electron chi connectivity index (χ1n) is 5.54. The summed E-state index contributed by atoms with van der Waals surface area (Å²) in [7, 11) is 0. The van der Waals surface area contributed by atoms with Gasteiger partial charge in [0, 0.05) is 10.8 Å². The van der Waals surface area contributed by atoms with Crippen molar-refractivity contribution in [3.63, 3.8) is 0 Å². The van der Waals surface area contributed by atoms with E-state index in [-0.39, 0.29) is 0 Å². The van der Waals surface area contributed by atoms with E-state index in [4.69, 9.17) is 0 Å². The maximum atomic E-state index is 11.8. The first-order chi connectivity index (χ1) is 7.27. The molecule has 2 unspecified atom stereocenters. The molecule has 4 saturated carbocycles. The van der Waals surface area contributed by atoms with Crippen molar-refractivity contribution in [3.05, 3.63) is 29.8 Å². The second-order valence-electron chi connectivity index (χ2n) is 5.01. The van der Waals surface area contributed by atoms with Crippen LogP contribution in [0.3, 0.4) is 0 Å². The maximum absolute atomic E-state index is 11.8. The molecule has 2 bridgehead atoms. The summed E-state index contributed by atoms with van der Waals surface area (Å²) in [6.45, 7) is 2.09. The summed E-state index contributed by atoms with van der Waals surface area (Å²) in [6.07, 6.45) is 0.